The Labute approximate surface area is 78.5 Å². The molecule has 12 heavy (non-hydrogen) atoms. The van der Waals surface area contributed by atoms with Crippen molar-refractivity contribution in [2.75, 3.05) is 5.33 Å². The molecule has 1 aromatic heterocycles. The van der Waals surface area contributed by atoms with Crippen molar-refractivity contribution < 1.29 is 9.21 Å². The molecule has 4 nitrogen and oxygen atoms in total. The molecule has 0 spiro atoms. The summed E-state index contributed by atoms with van der Waals surface area (Å²) in [6.07, 6.45) is 1.60. The number of nitrogens with one attached hydrogen (secondary N) is 1. The summed E-state index contributed by atoms with van der Waals surface area (Å²) in [7, 11) is 0. The van der Waals surface area contributed by atoms with E-state index >= 15 is 0 Å². The first kappa shape index (κ1) is 9.25. The number of amides is 1. The Morgan fingerprint density at radius 2 is 2.58 bits per heavy atom. The molecule has 1 amide bonds. The molecule has 0 radical (unpaired) electrons. The van der Waals surface area contributed by atoms with E-state index in [-0.39, 0.29) is 5.91 Å². The maximum absolute atomic E-state index is 10.8. The van der Waals surface area contributed by atoms with E-state index < -0.39 is 0 Å². The molecule has 1 rings (SSSR count). The lowest BCUT2D eigenvalue weighted by molar-refractivity contribution is -0.118. The van der Waals surface area contributed by atoms with Gasteiger partial charge in [-0.25, -0.2) is 4.98 Å². The maximum Gasteiger partial charge on any atom is 0.231 e. The Bertz CT molecular complexity index is 272. The van der Waals surface area contributed by atoms with E-state index in [2.05, 4.69) is 26.2 Å². The topological polar surface area (TPSA) is 55.1 Å². The van der Waals surface area contributed by atoms with E-state index in [0.29, 0.717) is 23.5 Å². The molecule has 0 unspecified atom stereocenters. The highest BCUT2D eigenvalue weighted by atomic mass is 79.9. The third-order valence-corrected chi connectivity index (χ3v) is 1.76. The van der Waals surface area contributed by atoms with Crippen molar-refractivity contribution in [2.45, 2.75) is 13.5 Å². The molecule has 1 aromatic rings. The van der Waals surface area contributed by atoms with Crippen LogP contribution in [0.15, 0.2) is 10.6 Å². The number of nitrogens with zero attached hydrogens (tertiary/aromatic N) is 1. The highest BCUT2D eigenvalue weighted by molar-refractivity contribution is 9.09. The minimum absolute atomic E-state index is 0.0657. The van der Waals surface area contributed by atoms with Crippen LogP contribution in [0.3, 0.4) is 0 Å². The quantitative estimate of drug-likeness (QED) is 0.792. The first-order valence-corrected chi connectivity index (χ1v) is 4.58. The molecule has 0 bridgehead atoms. The van der Waals surface area contributed by atoms with Gasteiger partial charge in [0, 0.05) is 6.92 Å². The van der Waals surface area contributed by atoms with Gasteiger partial charge in [-0.1, -0.05) is 15.9 Å². The van der Waals surface area contributed by atoms with Gasteiger partial charge in [0.1, 0.15) is 5.76 Å². The third kappa shape index (κ3) is 2.65. The number of alkyl halides is 1. The Morgan fingerprint density at radius 3 is 3.08 bits per heavy atom. The SMILES string of the molecule is Cc1ncc(CNC(=O)CBr)o1. The van der Waals surface area contributed by atoms with Gasteiger partial charge in [-0.15, -0.1) is 0 Å². The molecule has 1 heterocycles. The molecule has 0 aliphatic carbocycles. The average molecular weight is 233 g/mol. The van der Waals surface area contributed by atoms with Gasteiger partial charge in [0.2, 0.25) is 5.91 Å². The normalized spacial score (nSPS) is 9.83. The van der Waals surface area contributed by atoms with Gasteiger partial charge >= 0.3 is 0 Å². The van der Waals surface area contributed by atoms with Gasteiger partial charge in [0.25, 0.3) is 0 Å². The van der Waals surface area contributed by atoms with Crippen molar-refractivity contribution in [2.24, 2.45) is 0 Å². The van der Waals surface area contributed by atoms with Crippen LogP contribution in [-0.2, 0) is 11.3 Å². The lowest BCUT2D eigenvalue weighted by Crippen LogP contribution is -2.23. The number of hydrogen-bond acceptors (Lipinski definition) is 3. The van der Waals surface area contributed by atoms with Gasteiger partial charge in [0.05, 0.1) is 18.1 Å². The lowest BCUT2D eigenvalue weighted by Gasteiger charge is -1.97. The van der Waals surface area contributed by atoms with Crippen LogP contribution in [-0.4, -0.2) is 16.2 Å². The summed E-state index contributed by atoms with van der Waals surface area (Å²) in [6.45, 7) is 2.15. The van der Waals surface area contributed by atoms with Crippen molar-refractivity contribution >= 4 is 21.8 Å². The van der Waals surface area contributed by atoms with E-state index in [1.54, 1.807) is 13.1 Å². The van der Waals surface area contributed by atoms with Crippen molar-refractivity contribution in [1.29, 1.82) is 0 Å². The van der Waals surface area contributed by atoms with Crippen LogP contribution >= 0.6 is 15.9 Å². The molecule has 0 saturated heterocycles. The van der Waals surface area contributed by atoms with Gasteiger partial charge in [-0.05, 0) is 0 Å². The molecule has 0 saturated carbocycles. The molecule has 0 atom stereocenters. The minimum Gasteiger partial charge on any atom is -0.444 e. The number of aryl methyl sites for hydroxylation is 1. The van der Waals surface area contributed by atoms with E-state index in [4.69, 9.17) is 4.42 Å². The monoisotopic (exact) mass is 232 g/mol. The predicted molar refractivity (Wildman–Crippen MR) is 46.9 cm³/mol. The highest BCUT2D eigenvalue weighted by Gasteiger charge is 2.01. The number of carbonyl (C=O) groups is 1. The molecule has 66 valence electrons. The smallest absolute Gasteiger partial charge is 0.231 e. The number of oxazole rings is 1. The second kappa shape index (κ2) is 4.25. The van der Waals surface area contributed by atoms with Gasteiger partial charge in [0.15, 0.2) is 5.89 Å². The van der Waals surface area contributed by atoms with Crippen LogP contribution in [0.5, 0.6) is 0 Å². The summed E-state index contributed by atoms with van der Waals surface area (Å²) in [5, 5.41) is 2.95. The van der Waals surface area contributed by atoms with Gasteiger partial charge < -0.3 is 9.73 Å². The molecule has 0 fully saturated rings. The predicted octanol–water partition coefficient (Wildman–Crippen LogP) is 0.994. The summed E-state index contributed by atoms with van der Waals surface area (Å²) in [4.78, 5) is 14.7. The molecular formula is C7H9BrN2O2. The van der Waals surface area contributed by atoms with Crippen LogP contribution in [0.1, 0.15) is 11.7 Å². The van der Waals surface area contributed by atoms with E-state index in [9.17, 15) is 4.79 Å². The fraction of sp³-hybridized carbons (Fsp3) is 0.429. The van der Waals surface area contributed by atoms with E-state index in [0.717, 1.165) is 0 Å². The van der Waals surface area contributed by atoms with E-state index in [1.807, 2.05) is 0 Å². The number of rotatable bonds is 3. The molecular weight excluding hydrogens is 224 g/mol. The molecule has 0 aliphatic heterocycles. The second-order valence-electron chi connectivity index (χ2n) is 2.26. The number of halogens is 1. The van der Waals surface area contributed by atoms with Crippen molar-refractivity contribution in [3.8, 4) is 0 Å². The Balaban J connectivity index is 2.38. The number of hydrogen-bond donors (Lipinski definition) is 1. The van der Waals surface area contributed by atoms with Crippen LogP contribution in [0, 0.1) is 6.92 Å². The van der Waals surface area contributed by atoms with Crippen LogP contribution < -0.4 is 5.32 Å². The third-order valence-electron chi connectivity index (χ3n) is 1.25. The summed E-state index contributed by atoms with van der Waals surface area (Å²) >= 11 is 3.04. The van der Waals surface area contributed by atoms with Crippen LogP contribution in [0.4, 0.5) is 0 Å². The summed E-state index contributed by atoms with van der Waals surface area (Å²) in [5.74, 6) is 1.21. The zero-order valence-electron chi connectivity index (χ0n) is 6.63. The first-order valence-electron chi connectivity index (χ1n) is 3.46. The maximum atomic E-state index is 10.8. The molecule has 0 aliphatic rings. The zero-order valence-corrected chi connectivity index (χ0v) is 8.22. The van der Waals surface area contributed by atoms with Crippen molar-refractivity contribution in [3.05, 3.63) is 17.8 Å². The second-order valence-corrected chi connectivity index (χ2v) is 2.82. The number of carbonyl (C=O) groups excluding carboxylic acids is 1. The van der Waals surface area contributed by atoms with Gasteiger partial charge in [-0.2, -0.15) is 0 Å². The Hall–Kier alpha value is -0.840. The van der Waals surface area contributed by atoms with Crippen LogP contribution in [0.2, 0.25) is 0 Å². The zero-order chi connectivity index (χ0) is 8.97. The Morgan fingerprint density at radius 1 is 1.83 bits per heavy atom. The molecule has 1 N–H and O–H groups in total. The fourth-order valence-electron chi connectivity index (χ4n) is 0.720. The summed E-state index contributed by atoms with van der Waals surface area (Å²) in [6, 6.07) is 0. The largest absolute Gasteiger partial charge is 0.444 e. The fourth-order valence-corrected chi connectivity index (χ4v) is 0.918. The average Bonchev–Trinajstić information content (AvgIpc) is 2.47. The first-order chi connectivity index (χ1) is 5.72. The van der Waals surface area contributed by atoms with Crippen molar-refractivity contribution in [1.82, 2.24) is 10.3 Å². The standard InChI is InChI=1S/C7H9BrN2O2/c1-5-9-3-6(12-5)4-10-7(11)2-8/h3H,2,4H2,1H3,(H,10,11). The molecule has 0 aromatic carbocycles. The lowest BCUT2D eigenvalue weighted by atomic mass is 10.5. The van der Waals surface area contributed by atoms with Crippen LogP contribution in [0.25, 0.3) is 0 Å². The summed E-state index contributed by atoms with van der Waals surface area (Å²) < 4.78 is 5.14. The van der Waals surface area contributed by atoms with E-state index in [1.165, 1.54) is 0 Å². The van der Waals surface area contributed by atoms with Crippen molar-refractivity contribution in [3.63, 3.8) is 0 Å². The van der Waals surface area contributed by atoms with Gasteiger partial charge in [-0.3, -0.25) is 4.79 Å². The highest BCUT2D eigenvalue weighted by Crippen LogP contribution is 2.00. The number of aromatic nitrogens is 1. The minimum atomic E-state index is -0.0657. The Kier molecular flexibility index (Phi) is 3.28. The molecule has 5 heteroatoms. The summed E-state index contributed by atoms with van der Waals surface area (Å²) in [5.41, 5.74) is 0.